The lowest BCUT2D eigenvalue weighted by Gasteiger charge is -2.47. The number of carbonyl (C=O) groups is 7. The molecular weight excluding hydrogens is 876 g/mol. The highest BCUT2D eigenvalue weighted by Gasteiger charge is 2.72. The van der Waals surface area contributed by atoms with Crippen LogP contribution in [0.3, 0.4) is 0 Å². The number of imide groups is 1. The highest BCUT2D eigenvalue weighted by molar-refractivity contribution is 6.31. The van der Waals surface area contributed by atoms with Gasteiger partial charge in [0.05, 0.1) is 11.1 Å². The Labute approximate surface area is 383 Å². The number of unbranched alkanes of at least 4 members (excludes halogenated alkanes) is 1. The van der Waals surface area contributed by atoms with Crippen molar-refractivity contribution < 1.29 is 38.0 Å². The van der Waals surface area contributed by atoms with Gasteiger partial charge in [-0.3, -0.25) is 44.2 Å². The van der Waals surface area contributed by atoms with Crippen molar-refractivity contribution >= 4 is 81.6 Å². The molecule has 0 bridgehead atoms. The van der Waals surface area contributed by atoms with Crippen LogP contribution in [0.25, 0.3) is 0 Å². The fourth-order valence-electron chi connectivity index (χ4n) is 10.8. The molecule has 336 valence electrons. The molecule has 65 heavy (non-hydrogen) atoms. The van der Waals surface area contributed by atoms with Crippen molar-refractivity contribution in [2.75, 3.05) is 22.5 Å². The van der Waals surface area contributed by atoms with Gasteiger partial charge in [0.25, 0.3) is 11.8 Å². The lowest BCUT2D eigenvalue weighted by molar-refractivity contribution is -0.137. The summed E-state index contributed by atoms with van der Waals surface area (Å²) in [6.07, 6.45) is 5.22. The Hall–Kier alpha value is -6.16. The lowest BCUT2D eigenvalue weighted by atomic mass is 9.55. The second-order valence-corrected chi connectivity index (χ2v) is 18.2. The third kappa shape index (κ3) is 7.82. The van der Waals surface area contributed by atoms with Crippen LogP contribution in [0.5, 0.6) is 0 Å². The third-order valence-corrected chi connectivity index (χ3v) is 14.2. The molecule has 9 rings (SSSR count). The standard InChI is InChI=1S/C48H46Cl2FN7O7/c49-27-15-18-32-35(24-27)55-46(65)48(32)39(30-9-6-10-33(50)40(30)51)41(57-47(48)21-3-1-4-22-47)44(63)53-28-16-13-26(14-17-28)42(61)52-23-5-2-12-37(59)54-34-11-7-8-29-31(34)25-58(45(29)64)36-19-20-38(60)56-43(36)62/h6-11,13-18,24,36,39,41,57H,1-5,12,19-23,25H2,(H,52,61)(H,53,63)(H,54,59)(H,55,65)(H,56,60,62)/t36?,39-,41+,48+/m0/s1. The average molecular weight is 923 g/mol. The number of anilines is 3. The number of nitrogens with one attached hydrogen (secondary N) is 6. The molecule has 7 amide bonds. The predicted octanol–water partition coefficient (Wildman–Crippen LogP) is 6.72. The summed E-state index contributed by atoms with van der Waals surface area (Å²) in [6, 6.07) is 19.4. The zero-order valence-corrected chi connectivity index (χ0v) is 36.7. The molecule has 1 unspecified atom stereocenters. The van der Waals surface area contributed by atoms with Gasteiger partial charge in [0, 0.05) is 76.2 Å². The van der Waals surface area contributed by atoms with Crippen molar-refractivity contribution in [1.82, 2.24) is 20.9 Å². The number of benzene rings is 4. The highest BCUT2D eigenvalue weighted by Crippen LogP contribution is 2.63. The summed E-state index contributed by atoms with van der Waals surface area (Å²) in [5, 5.41) is 17.9. The number of carbonyl (C=O) groups excluding carboxylic acids is 7. The first kappa shape index (κ1) is 44.1. The minimum absolute atomic E-state index is 0.121. The maximum atomic E-state index is 16.2. The van der Waals surface area contributed by atoms with Gasteiger partial charge in [0.15, 0.2) is 0 Å². The van der Waals surface area contributed by atoms with E-state index in [9.17, 15) is 33.6 Å². The van der Waals surface area contributed by atoms with Crippen LogP contribution in [0.4, 0.5) is 21.5 Å². The maximum absolute atomic E-state index is 16.2. The van der Waals surface area contributed by atoms with E-state index in [0.717, 1.165) is 19.3 Å². The number of nitrogens with zero attached hydrogens (tertiary/aromatic N) is 1. The molecule has 4 aromatic rings. The number of piperidine rings is 1. The molecule has 2 saturated heterocycles. The van der Waals surface area contributed by atoms with Crippen LogP contribution in [0.2, 0.25) is 10.0 Å². The van der Waals surface area contributed by atoms with E-state index in [-0.39, 0.29) is 65.9 Å². The molecule has 0 aromatic heterocycles. The van der Waals surface area contributed by atoms with E-state index in [0.29, 0.717) is 76.6 Å². The summed E-state index contributed by atoms with van der Waals surface area (Å²) in [5.74, 6) is -4.34. The fourth-order valence-corrected chi connectivity index (χ4v) is 11.1. The summed E-state index contributed by atoms with van der Waals surface area (Å²) < 4.78 is 16.2. The van der Waals surface area contributed by atoms with Crippen molar-refractivity contribution in [2.24, 2.45) is 0 Å². The van der Waals surface area contributed by atoms with E-state index in [2.05, 4.69) is 31.9 Å². The first-order chi connectivity index (χ1) is 31.3. The topological polar surface area (TPSA) is 195 Å². The molecule has 1 aliphatic carbocycles. The molecule has 2 spiro atoms. The van der Waals surface area contributed by atoms with Gasteiger partial charge in [-0.1, -0.05) is 66.7 Å². The normalized spacial score (nSPS) is 22.9. The van der Waals surface area contributed by atoms with Crippen LogP contribution in [0, 0.1) is 5.82 Å². The maximum Gasteiger partial charge on any atom is 0.255 e. The van der Waals surface area contributed by atoms with E-state index >= 15 is 4.39 Å². The first-order valence-corrected chi connectivity index (χ1v) is 22.7. The van der Waals surface area contributed by atoms with Gasteiger partial charge in [-0.05, 0) is 97.8 Å². The Balaban J connectivity index is 0.822. The van der Waals surface area contributed by atoms with Gasteiger partial charge in [0.1, 0.15) is 17.3 Å². The summed E-state index contributed by atoms with van der Waals surface area (Å²) in [4.78, 5) is 93.8. The van der Waals surface area contributed by atoms with Crippen LogP contribution >= 0.6 is 23.2 Å². The van der Waals surface area contributed by atoms with Crippen molar-refractivity contribution in [3.8, 4) is 0 Å². The van der Waals surface area contributed by atoms with Crippen molar-refractivity contribution in [2.45, 2.75) is 99.7 Å². The fraction of sp³-hybridized carbons (Fsp3) is 0.354. The van der Waals surface area contributed by atoms with E-state index < -0.39 is 46.6 Å². The molecule has 3 fully saturated rings. The molecule has 4 atom stereocenters. The number of rotatable bonds is 11. The average Bonchev–Trinajstić information content (AvgIpc) is 3.88. The van der Waals surface area contributed by atoms with E-state index in [1.165, 1.54) is 11.0 Å². The molecule has 4 aliphatic heterocycles. The molecule has 4 heterocycles. The van der Waals surface area contributed by atoms with Crippen molar-refractivity contribution in [3.63, 3.8) is 0 Å². The SMILES string of the molecule is O=C1CCC(N2Cc3c(NC(=O)CCCCNC(=O)c4ccc(NC(=O)[C@@H]5NC6(CCCCC6)[C@@]6(C(=O)Nc7cc(Cl)ccc76)[C@H]5c5cccc(Cl)c5F)cc4)cccc3C2=O)C(=O)N1. The van der Waals surface area contributed by atoms with Crippen LogP contribution in [0.1, 0.15) is 108 Å². The van der Waals surface area contributed by atoms with Gasteiger partial charge in [-0.25, -0.2) is 4.39 Å². The number of hydrogen-bond donors (Lipinski definition) is 6. The van der Waals surface area contributed by atoms with E-state index in [1.807, 2.05) is 0 Å². The molecule has 6 N–H and O–H groups in total. The molecule has 4 aromatic carbocycles. The highest BCUT2D eigenvalue weighted by atomic mass is 35.5. The summed E-state index contributed by atoms with van der Waals surface area (Å²) in [7, 11) is 0. The molecular formula is C48H46Cl2FN7O7. The quantitative estimate of drug-likeness (QED) is 0.0705. The molecule has 17 heteroatoms. The molecule has 0 radical (unpaired) electrons. The van der Waals surface area contributed by atoms with Crippen molar-refractivity contribution in [1.29, 1.82) is 0 Å². The van der Waals surface area contributed by atoms with Gasteiger partial charge >= 0.3 is 0 Å². The molecule has 5 aliphatic rings. The first-order valence-electron chi connectivity index (χ1n) is 21.9. The van der Waals surface area contributed by atoms with Gasteiger partial charge in [0.2, 0.25) is 29.5 Å². The largest absolute Gasteiger partial charge is 0.352 e. The zero-order valence-electron chi connectivity index (χ0n) is 35.2. The number of hydrogen-bond acceptors (Lipinski definition) is 8. The molecule has 1 saturated carbocycles. The Bertz CT molecular complexity index is 2660. The van der Waals surface area contributed by atoms with E-state index in [1.54, 1.807) is 72.8 Å². The van der Waals surface area contributed by atoms with Crippen LogP contribution < -0.4 is 31.9 Å². The summed E-state index contributed by atoms with van der Waals surface area (Å²) in [6.45, 7) is 0.425. The van der Waals surface area contributed by atoms with Crippen molar-refractivity contribution in [3.05, 3.63) is 123 Å². The van der Waals surface area contributed by atoms with Crippen LogP contribution in [0.15, 0.2) is 78.9 Å². The zero-order chi connectivity index (χ0) is 45.6. The van der Waals surface area contributed by atoms with Crippen LogP contribution in [-0.2, 0) is 35.9 Å². The van der Waals surface area contributed by atoms with Gasteiger partial charge in [-0.15, -0.1) is 0 Å². The lowest BCUT2D eigenvalue weighted by Crippen LogP contribution is -2.60. The third-order valence-electron chi connectivity index (χ3n) is 13.7. The Morgan fingerprint density at radius 2 is 1.63 bits per heavy atom. The Morgan fingerprint density at radius 3 is 2.40 bits per heavy atom. The smallest absolute Gasteiger partial charge is 0.255 e. The second-order valence-electron chi connectivity index (χ2n) is 17.4. The number of fused-ring (bicyclic) bond motifs is 4. The summed E-state index contributed by atoms with van der Waals surface area (Å²) >= 11 is 12.8. The second kappa shape index (κ2) is 17.7. The van der Waals surface area contributed by atoms with Gasteiger partial charge in [-0.2, -0.15) is 0 Å². The minimum Gasteiger partial charge on any atom is -0.352 e. The minimum atomic E-state index is -1.38. The number of amides is 7. The van der Waals surface area contributed by atoms with Gasteiger partial charge < -0.3 is 26.2 Å². The molecule has 14 nitrogen and oxygen atoms in total. The predicted molar refractivity (Wildman–Crippen MR) is 241 cm³/mol. The number of halogens is 3. The Kier molecular flexibility index (Phi) is 12.0. The van der Waals surface area contributed by atoms with E-state index in [4.69, 9.17) is 23.2 Å². The monoisotopic (exact) mass is 921 g/mol. The summed E-state index contributed by atoms with van der Waals surface area (Å²) in [5.41, 5.74) is 1.27. The Morgan fingerprint density at radius 1 is 0.862 bits per heavy atom. The van der Waals surface area contributed by atoms with Crippen LogP contribution in [-0.4, -0.2) is 70.4 Å².